The van der Waals surface area contributed by atoms with Crippen LogP contribution in [0.4, 0.5) is 4.39 Å². The zero-order valence-electron chi connectivity index (χ0n) is 13.4. The van der Waals surface area contributed by atoms with Gasteiger partial charge in [-0.3, -0.25) is 23.9 Å². The zero-order valence-corrected chi connectivity index (χ0v) is 14.2. The summed E-state index contributed by atoms with van der Waals surface area (Å²) in [6.45, 7) is 2.10. The molecule has 10 heteroatoms. The first kappa shape index (κ1) is 19.3. The summed E-state index contributed by atoms with van der Waals surface area (Å²) in [5.41, 5.74) is -2.78. The van der Waals surface area contributed by atoms with Crippen LogP contribution in [0.1, 0.15) is 13.8 Å². The van der Waals surface area contributed by atoms with Crippen LogP contribution < -0.4 is 5.56 Å². The fourth-order valence-electron chi connectivity index (χ4n) is 2.34. The number of aliphatic hydroxyl groups is 2. The van der Waals surface area contributed by atoms with E-state index in [1.165, 1.54) is 0 Å². The Morgan fingerprint density at radius 3 is 2.76 bits per heavy atom. The van der Waals surface area contributed by atoms with E-state index in [-0.39, 0.29) is 4.77 Å². The Hall–Kier alpha value is -2.06. The predicted octanol–water partition coefficient (Wildman–Crippen LogP) is -0.191. The van der Waals surface area contributed by atoms with Gasteiger partial charge in [0.05, 0.1) is 5.92 Å². The number of alkyl halides is 1. The average Bonchev–Trinajstić information content (AvgIpc) is 2.75. The summed E-state index contributed by atoms with van der Waals surface area (Å²) in [6, 6.07) is 1.04. The topological polar surface area (TPSA) is 114 Å². The number of aromatic nitrogens is 2. The van der Waals surface area contributed by atoms with Gasteiger partial charge in [0.15, 0.2) is 11.4 Å². The molecule has 2 heterocycles. The number of ether oxygens (including phenoxy) is 2. The second kappa shape index (κ2) is 6.68. The number of rotatable bonds is 4. The highest BCUT2D eigenvalue weighted by Crippen LogP contribution is 2.42. The number of nitrogens with zero attached hydrogens (tertiary/aromatic N) is 1. The van der Waals surface area contributed by atoms with Crippen LogP contribution in [0.2, 0.25) is 0 Å². The normalized spacial score (nSPS) is 31.7. The molecule has 25 heavy (non-hydrogen) atoms. The van der Waals surface area contributed by atoms with E-state index in [4.69, 9.17) is 28.1 Å². The molecule has 0 aliphatic carbocycles. The van der Waals surface area contributed by atoms with E-state index in [0.29, 0.717) is 0 Å². The zero-order chi connectivity index (χ0) is 19.0. The molecule has 0 amide bonds. The maximum Gasteiger partial charge on any atom is 0.308 e. The van der Waals surface area contributed by atoms with Gasteiger partial charge in [-0.05, 0) is 18.1 Å². The number of hydrogen-bond acceptors (Lipinski definition) is 7. The Kier molecular flexibility index (Phi) is 5.15. The largest absolute Gasteiger partial charge is 0.459 e. The van der Waals surface area contributed by atoms with E-state index in [2.05, 4.69) is 10.9 Å². The van der Waals surface area contributed by atoms with Crippen LogP contribution in [0.3, 0.4) is 0 Å². The third kappa shape index (κ3) is 3.23. The molecule has 0 saturated carbocycles. The van der Waals surface area contributed by atoms with Gasteiger partial charge in [-0.2, -0.15) is 0 Å². The van der Waals surface area contributed by atoms with Crippen molar-refractivity contribution in [2.24, 2.45) is 5.92 Å². The Balaban J connectivity index is 2.42. The Morgan fingerprint density at radius 1 is 1.60 bits per heavy atom. The van der Waals surface area contributed by atoms with Gasteiger partial charge < -0.3 is 14.9 Å². The van der Waals surface area contributed by atoms with Crippen molar-refractivity contribution in [2.75, 3.05) is 6.61 Å². The summed E-state index contributed by atoms with van der Waals surface area (Å²) in [6.07, 6.45) is 2.43. The van der Waals surface area contributed by atoms with E-state index in [9.17, 15) is 19.8 Å². The molecule has 1 fully saturated rings. The second-order valence-corrected chi connectivity index (χ2v) is 6.25. The van der Waals surface area contributed by atoms with Crippen molar-refractivity contribution in [1.82, 2.24) is 9.55 Å². The number of esters is 1. The fraction of sp³-hybridized carbons (Fsp3) is 0.533. The van der Waals surface area contributed by atoms with Crippen molar-refractivity contribution in [3.8, 4) is 12.3 Å². The van der Waals surface area contributed by atoms with E-state index >= 15 is 4.39 Å². The average molecular weight is 372 g/mol. The molecule has 1 aliphatic heterocycles. The van der Waals surface area contributed by atoms with Gasteiger partial charge in [-0.1, -0.05) is 13.8 Å². The molecule has 1 saturated heterocycles. The monoisotopic (exact) mass is 372 g/mol. The van der Waals surface area contributed by atoms with Crippen LogP contribution in [0.5, 0.6) is 0 Å². The molecular formula is C15H17FN2O6S. The number of hydrogen-bond donors (Lipinski definition) is 3. The first-order valence-electron chi connectivity index (χ1n) is 7.29. The van der Waals surface area contributed by atoms with Crippen molar-refractivity contribution < 1.29 is 28.9 Å². The van der Waals surface area contributed by atoms with Crippen molar-refractivity contribution >= 4 is 18.2 Å². The third-order valence-corrected chi connectivity index (χ3v) is 4.04. The number of carbonyl (C=O) groups excluding carboxylic acids is 1. The SMILES string of the molecule is C#C[C@@]1(n2ccc(=O)[nH]c2=S)O[C@](F)(COC(=O)C(C)C)[C@@H](O)[C@H]1O. The molecule has 2 rings (SSSR count). The van der Waals surface area contributed by atoms with E-state index in [0.717, 1.165) is 16.8 Å². The third-order valence-electron chi connectivity index (χ3n) is 3.74. The van der Waals surface area contributed by atoms with Crippen LogP contribution in [0.15, 0.2) is 17.1 Å². The number of halogens is 1. The predicted molar refractivity (Wildman–Crippen MR) is 85.4 cm³/mol. The Morgan fingerprint density at radius 2 is 2.24 bits per heavy atom. The first-order valence-corrected chi connectivity index (χ1v) is 7.70. The quantitative estimate of drug-likeness (QED) is 0.381. The van der Waals surface area contributed by atoms with Crippen LogP contribution in [0.25, 0.3) is 0 Å². The Bertz CT molecular complexity index is 830. The van der Waals surface area contributed by atoms with E-state index in [1.807, 2.05) is 0 Å². The second-order valence-electron chi connectivity index (χ2n) is 5.86. The highest BCUT2D eigenvalue weighted by atomic mass is 32.1. The van der Waals surface area contributed by atoms with Crippen molar-refractivity contribution in [1.29, 1.82) is 0 Å². The number of nitrogens with one attached hydrogen (secondary N) is 1. The molecule has 0 radical (unpaired) electrons. The highest BCUT2D eigenvalue weighted by molar-refractivity contribution is 7.71. The summed E-state index contributed by atoms with van der Waals surface area (Å²) >= 11 is 4.95. The van der Waals surface area contributed by atoms with E-state index < -0.39 is 47.8 Å². The molecule has 1 aromatic heterocycles. The summed E-state index contributed by atoms with van der Waals surface area (Å²) in [5.74, 6) is -2.16. The summed E-state index contributed by atoms with van der Waals surface area (Å²) in [5, 5.41) is 20.4. The van der Waals surface area contributed by atoms with Gasteiger partial charge in [0, 0.05) is 12.3 Å². The molecule has 3 N–H and O–H groups in total. The van der Waals surface area contributed by atoms with Crippen molar-refractivity contribution in [3.05, 3.63) is 27.4 Å². The molecule has 4 atom stereocenters. The molecule has 0 unspecified atom stereocenters. The van der Waals surface area contributed by atoms with E-state index in [1.54, 1.807) is 13.8 Å². The molecule has 0 aromatic carbocycles. The van der Waals surface area contributed by atoms with Gasteiger partial charge in [-0.25, -0.2) is 4.39 Å². The molecule has 136 valence electrons. The molecule has 1 aromatic rings. The van der Waals surface area contributed by atoms with Crippen LogP contribution in [-0.4, -0.2) is 50.4 Å². The minimum absolute atomic E-state index is 0.250. The molecule has 0 bridgehead atoms. The van der Waals surface area contributed by atoms with Gasteiger partial charge in [0.1, 0.15) is 12.2 Å². The lowest BCUT2D eigenvalue weighted by atomic mass is 10.0. The van der Waals surface area contributed by atoms with Crippen LogP contribution in [0, 0.1) is 23.0 Å². The lowest BCUT2D eigenvalue weighted by molar-refractivity contribution is -0.234. The van der Waals surface area contributed by atoms with Crippen molar-refractivity contribution in [3.63, 3.8) is 0 Å². The lowest BCUT2D eigenvalue weighted by Crippen LogP contribution is -2.46. The van der Waals surface area contributed by atoms with Crippen LogP contribution in [-0.2, 0) is 20.0 Å². The smallest absolute Gasteiger partial charge is 0.308 e. The fourth-order valence-corrected chi connectivity index (χ4v) is 2.63. The van der Waals surface area contributed by atoms with Gasteiger partial charge in [-0.15, -0.1) is 6.42 Å². The van der Waals surface area contributed by atoms with Gasteiger partial charge in [0.25, 0.3) is 11.4 Å². The lowest BCUT2D eigenvalue weighted by Gasteiger charge is -2.29. The van der Waals surface area contributed by atoms with Gasteiger partial charge in [0.2, 0.25) is 5.72 Å². The number of terminal acetylenes is 1. The minimum Gasteiger partial charge on any atom is -0.459 e. The number of carbonyl (C=O) groups is 1. The molecule has 0 spiro atoms. The molecule has 8 nitrogen and oxygen atoms in total. The highest BCUT2D eigenvalue weighted by Gasteiger charge is 2.64. The summed E-state index contributed by atoms with van der Waals surface area (Å²) in [7, 11) is 0. The Labute approximate surface area is 147 Å². The molecular weight excluding hydrogens is 355 g/mol. The summed E-state index contributed by atoms with van der Waals surface area (Å²) < 4.78 is 25.6. The van der Waals surface area contributed by atoms with Crippen molar-refractivity contribution in [2.45, 2.75) is 37.6 Å². The number of H-pyrrole nitrogens is 1. The maximum atomic E-state index is 15.0. The van der Waals surface area contributed by atoms with Crippen LogP contribution >= 0.6 is 12.2 Å². The summed E-state index contributed by atoms with van der Waals surface area (Å²) in [4.78, 5) is 25.1. The first-order chi connectivity index (χ1) is 11.6. The number of aromatic amines is 1. The minimum atomic E-state index is -2.97. The number of aliphatic hydroxyl groups excluding tert-OH is 2. The maximum absolute atomic E-state index is 15.0. The van der Waals surface area contributed by atoms with Gasteiger partial charge >= 0.3 is 5.97 Å². The standard InChI is InChI=1S/C15H17FN2O6S/c1-4-15(18-6-5-9(19)17-13(18)25)11(21)10(20)14(16,24-15)7-23-12(22)8(2)3/h1,5-6,8,10-11,20-21H,7H2,2-3H3,(H,17,19,25)/t10-,11+,14+,15+/m0/s1. The molecule has 1 aliphatic rings.